The summed E-state index contributed by atoms with van der Waals surface area (Å²) in [6, 6.07) is 9.04. The zero-order valence-electron chi connectivity index (χ0n) is 12.1. The number of nitrogens with one attached hydrogen (secondary N) is 1. The highest BCUT2D eigenvalue weighted by atomic mass is 16.5. The van der Waals surface area contributed by atoms with Crippen LogP contribution in [0.25, 0.3) is 0 Å². The largest absolute Gasteiger partial charge is 0.383 e. The second kappa shape index (κ2) is 8.11. The maximum absolute atomic E-state index is 5.15. The number of hydrogen-bond donors (Lipinski definition) is 1. The molecule has 1 rings (SSSR count). The lowest BCUT2D eigenvalue weighted by Crippen LogP contribution is -2.27. The Morgan fingerprint density at radius 1 is 1.28 bits per heavy atom. The first-order valence-electron chi connectivity index (χ1n) is 6.76. The Kier molecular flexibility index (Phi) is 6.76. The molecule has 0 bridgehead atoms. The Morgan fingerprint density at radius 2 is 2.00 bits per heavy atom. The molecule has 3 nitrogen and oxygen atoms in total. The van der Waals surface area contributed by atoms with Crippen LogP contribution < -0.4 is 10.2 Å². The van der Waals surface area contributed by atoms with E-state index in [1.165, 1.54) is 11.3 Å². The molecule has 0 aliphatic carbocycles. The molecule has 0 heterocycles. The molecule has 0 saturated heterocycles. The van der Waals surface area contributed by atoms with Crippen LogP contribution in [-0.2, 0) is 4.74 Å². The van der Waals surface area contributed by atoms with Crippen LogP contribution in [0.2, 0.25) is 0 Å². The van der Waals surface area contributed by atoms with Gasteiger partial charge in [0.25, 0.3) is 0 Å². The van der Waals surface area contributed by atoms with E-state index in [1.807, 2.05) is 0 Å². The summed E-state index contributed by atoms with van der Waals surface area (Å²) in [7, 11) is 3.86. The van der Waals surface area contributed by atoms with E-state index in [1.54, 1.807) is 7.11 Å². The van der Waals surface area contributed by atoms with Crippen LogP contribution in [0.4, 0.5) is 5.69 Å². The minimum atomic E-state index is 0.427. The lowest BCUT2D eigenvalue weighted by Gasteiger charge is -2.26. The summed E-state index contributed by atoms with van der Waals surface area (Å²) in [5, 5.41) is 3.54. The van der Waals surface area contributed by atoms with E-state index in [0.29, 0.717) is 6.04 Å². The number of hydrogen-bond acceptors (Lipinski definition) is 3. The average molecular weight is 250 g/mol. The topological polar surface area (TPSA) is 24.5 Å². The number of nitrogens with zero attached hydrogens (tertiary/aromatic N) is 1. The van der Waals surface area contributed by atoms with Crippen molar-refractivity contribution in [3.05, 3.63) is 29.8 Å². The Bertz CT molecular complexity index is 341. The maximum atomic E-state index is 5.15. The monoisotopic (exact) mass is 250 g/mol. The summed E-state index contributed by atoms with van der Waals surface area (Å²) in [6.07, 6.45) is 1.10. The third kappa shape index (κ3) is 4.00. The smallest absolute Gasteiger partial charge is 0.0637 e. The zero-order chi connectivity index (χ0) is 13.4. The number of anilines is 1. The Balaban J connectivity index is 2.89. The fourth-order valence-electron chi connectivity index (χ4n) is 2.20. The molecular formula is C15H26N2O. The Labute approximate surface area is 111 Å². The first kappa shape index (κ1) is 15.0. The molecule has 0 radical (unpaired) electrons. The molecule has 3 heteroatoms. The summed E-state index contributed by atoms with van der Waals surface area (Å²) in [4.78, 5) is 2.26. The number of methoxy groups -OCH3 is 1. The fourth-order valence-corrected chi connectivity index (χ4v) is 2.20. The molecule has 1 atom stereocenters. The van der Waals surface area contributed by atoms with E-state index in [2.05, 4.69) is 55.4 Å². The van der Waals surface area contributed by atoms with Crippen LogP contribution >= 0.6 is 0 Å². The highest BCUT2D eigenvalue weighted by Gasteiger charge is 2.14. The number of ether oxygens (including phenoxy) is 1. The van der Waals surface area contributed by atoms with Crippen molar-refractivity contribution in [3.8, 4) is 0 Å². The molecule has 1 aromatic rings. The van der Waals surface area contributed by atoms with Crippen molar-refractivity contribution in [1.29, 1.82) is 0 Å². The van der Waals surface area contributed by atoms with E-state index in [9.17, 15) is 0 Å². The summed E-state index contributed by atoms with van der Waals surface area (Å²) in [6.45, 7) is 7.03. The molecule has 0 spiro atoms. The van der Waals surface area contributed by atoms with Crippen LogP contribution in [0, 0.1) is 0 Å². The van der Waals surface area contributed by atoms with Crippen LogP contribution in [0.15, 0.2) is 24.3 Å². The normalized spacial score (nSPS) is 12.4. The quantitative estimate of drug-likeness (QED) is 0.768. The number of benzene rings is 1. The second-order valence-electron chi connectivity index (χ2n) is 4.49. The van der Waals surface area contributed by atoms with Crippen molar-refractivity contribution in [1.82, 2.24) is 5.32 Å². The van der Waals surface area contributed by atoms with Crippen LogP contribution in [0.1, 0.15) is 31.9 Å². The van der Waals surface area contributed by atoms with Crippen molar-refractivity contribution in [3.63, 3.8) is 0 Å². The molecule has 1 unspecified atom stereocenters. The van der Waals surface area contributed by atoms with Crippen molar-refractivity contribution < 1.29 is 4.74 Å². The second-order valence-corrected chi connectivity index (χ2v) is 4.49. The highest BCUT2D eigenvalue weighted by molar-refractivity contribution is 5.54. The van der Waals surface area contributed by atoms with Gasteiger partial charge in [0.15, 0.2) is 0 Å². The van der Waals surface area contributed by atoms with Gasteiger partial charge in [-0.05, 0) is 24.6 Å². The van der Waals surface area contributed by atoms with E-state index in [-0.39, 0.29) is 0 Å². The zero-order valence-corrected chi connectivity index (χ0v) is 12.1. The number of rotatable bonds is 8. The molecule has 0 fully saturated rings. The van der Waals surface area contributed by atoms with Crippen molar-refractivity contribution in [2.75, 3.05) is 38.8 Å². The third-order valence-electron chi connectivity index (χ3n) is 3.21. The summed E-state index contributed by atoms with van der Waals surface area (Å²) in [5.41, 5.74) is 2.67. The molecular weight excluding hydrogens is 224 g/mol. The van der Waals surface area contributed by atoms with Gasteiger partial charge in [-0.25, -0.2) is 0 Å². The van der Waals surface area contributed by atoms with E-state index in [4.69, 9.17) is 4.74 Å². The highest BCUT2D eigenvalue weighted by Crippen LogP contribution is 2.27. The van der Waals surface area contributed by atoms with Gasteiger partial charge in [-0.1, -0.05) is 32.0 Å². The first-order chi connectivity index (χ1) is 8.74. The van der Waals surface area contributed by atoms with Crippen LogP contribution in [0.5, 0.6) is 0 Å². The molecule has 18 heavy (non-hydrogen) atoms. The molecule has 0 saturated carbocycles. The molecule has 102 valence electrons. The molecule has 1 N–H and O–H groups in total. The third-order valence-corrected chi connectivity index (χ3v) is 3.21. The van der Waals surface area contributed by atoms with Gasteiger partial charge in [0.2, 0.25) is 0 Å². The van der Waals surface area contributed by atoms with Crippen LogP contribution in [0.3, 0.4) is 0 Å². The standard InChI is InChI=1S/C15H26N2O/c1-5-14(16-6-2)13-9-7-8-10-15(13)17(3)11-12-18-4/h7-10,14,16H,5-6,11-12H2,1-4H3. The van der Waals surface area contributed by atoms with E-state index >= 15 is 0 Å². The van der Waals surface area contributed by atoms with Crippen molar-refractivity contribution in [2.45, 2.75) is 26.3 Å². The summed E-state index contributed by atoms with van der Waals surface area (Å²) >= 11 is 0. The number of likely N-dealkylation sites (N-methyl/N-ethyl adjacent to an activating group) is 1. The number of para-hydroxylation sites is 1. The Morgan fingerprint density at radius 3 is 2.61 bits per heavy atom. The fraction of sp³-hybridized carbons (Fsp3) is 0.600. The first-order valence-corrected chi connectivity index (χ1v) is 6.76. The minimum Gasteiger partial charge on any atom is -0.383 e. The molecule has 0 aromatic heterocycles. The maximum Gasteiger partial charge on any atom is 0.0637 e. The van der Waals surface area contributed by atoms with Gasteiger partial charge in [0.05, 0.1) is 6.61 Å². The molecule has 0 aliphatic heterocycles. The molecule has 0 aliphatic rings. The molecule has 1 aromatic carbocycles. The van der Waals surface area contributed by atoms with E-state index in [0.717, 1.165) is 26.1 Å². The van der Waals surface area contributed by atoms with Gasteiger partial charge >= 0.3 is 0 Å². The average Bonchev–Trinajstić information content (AvgIpc) is 2.42. The van der Waals surface area contributed by atoms with Gasteiger partial charge < -0.3 is 15.0 Å². The van der Waals surface area contributed by atoms with Crippen molar-refractivity contribution >= 4 is 5.69 Å². The van der Waals surface area contributed by atoms with E-state index < -0.39 is 0 Å². The Hall–Kier alpha value is -1.06. The summed E-state index contributed by atoms with van der Waals surface area (Å²) < 4.78 is 5.15. The van der Waals surface area contributed by atoms with Crippen LogP contribution in [-0.4, -0.2) is 33.9 Å². The lowest BCUT2D eigenvalue weighted by atomic mass is 10.0. The SMILES string of the molecule is CCNC(CC)c1ccccc1N(C)CCOC. The predicted molar refractivity (Wildman–Crippen MR) is 78.3 cm³/mol. The summed E-state index contributed by atoms with van der Waals surface area (Å²) in [5.74, 6) is 0. The van der Waals surface area contributed by atoms with Crippen molar-refractivity contribution in [2.24, 2.45) is 0 Å². The molecule has 0 amide bonds. The van der Waals surface area contributed by atoms with Gasteiger partial charge in [0.1, 0.15) is 0 Å². The minimum absolute atomic E-state index is 0.427. The van der Waals surface area contributed by atoms with Gasteiger partial charge in [-0.2, -0.15) is 0 Å². The van der Waals surface area contributed by atoms with Gasteiger partial charge in [-0.15, -0.1) is 0 Å². The van der Waals surface area contributed by atoms with Gasteiger partial charge in [-0.3, -0.25) is 0 Å². The predicted octanol–water partition coefficient (Wildman–Crippen LogP) is 2.83. The van der Waals surface area contributed by atoms with Gasteiger partial charge in [0, 0.05) is 32.4 Å². The lowest BCUT2D eigenvalue weighted by molar-refractivity contribution is 0.206.